The summed E-state index contributed by atoms with van der Waals surface area (Å²) < 4.78 is 9.61. The fourth-order valence-corrected chi connectivity index (χ4v) is 13.6. The second-order valence-corrected chi connectivity index (χ2v) is 28.1. The number of urea groups is 2. The minimum atomic E-state index is -1.07. The first-order chi connectivity index (χ1) is 52.9. The summed E-state index contributed by atoms with van der Waals surface area (Å²) in [4.78, 5) is 130. The van der Waals surface area contributed by atoms with Crippen molar-refractivity contribution in [2.45, 2.75) is 134 Å². The number of esters is 2. The van der Waals surface area contributed by atoms with Crippen LogP contribution in [0.25, 0.3) is 0 Å². The van der Waals surface area contributed by atoms with Gasteiger partial charge in [-0.05, 0) is 116 Å². The number of para-hydroxylation sites is 2. The molecule has 3 aliphatic carbocycles. The Morgan fingerprint density at radius 2 is 0.682 bits per heavy atom. The van der Waals surface area contributed by atoms with E-state index < -0.39 is 17.9 Å². The minimum absolute atomic E-state index is 0.0152. The van der Waals surface area contributed by atoms with Gasteiger partial charge in [-0.25, -0.2) is 39.5 Å². The maximum absolute atomic E-state index is 12.7. The number of likely N-dealkylation sites (N-methyl/N-ethyl adjacent to an activating group) is 3. The third-order valence-electron chi connectivity index (χ3n) is 18.3. The van der Waals surface area contributed by atoms with Crippen LogP contribution in [-0.2, 0) is 76.8 Å². The van der Waals surface area contributed by atoms with Crippen LogP contribution >= 0.6 is 34.8 Å². The van der Waals surface area contributed by atoms with Crippen LogP contribution in [0.5, 0.6) is 0 Å². The number of nitrogens with zero attached hydrogens (tertiary/aromatic N) is 9. The number of ether oxygens (including phenoxy) is 2. The first-order valence-corrected chi connectivity index (χ1v) is 37.4. The highest BCUT2D eigenvalue weighted by Gasteiger charge is 2.28. The number of methoxy groups -OCH3 is 2. The molecule has 11 rings (SSSR count). The lowest BCUT2D eigenvalue weighted by Crippen LogP contribution is -2.40. The number of aliphatic carboxylic acids is 1. The zero-order valence-electron chi connectivity index (χ0n) is 62.0. The van der Waals surface area contributed by atoms with Crippen LogP contribution in [0.15, 0.2) is 133 Å². The molecule has 0 unspecified atom stereocenters. The fourth-order valence-electron chi connectivity index (χ4n) is 12.8. The Labute approximate surface area is 653 Å². The normalized spacial score (nSPS) is 13.2. The number of hydrogen-bond donors (Lipinski definition) is 9. The van der Waals surface area contributed by atoms with Crippen molar-refractivity contribution in [2.75, 3.05) is 96.7 Å². The molecule has 3 aliphatic rings. The van der Waals surface area contributed by atoms with Crippen molar-refractivity contribution >= 4 is 128 Å². The summed E-state index contributed by atoms with van der Waals surface area (Å²) in [5.41, 5.74) is 12.8. The lowest BCUT2D eigenvalue weighted by molar-refractivity contribution is -0.140. The molecule has 5 aromatic carbocycles. The van der Waals surface area contributed by atoms with Gasteiger partial charge in [0, 0.05) is 104 Å². The number of nitrogens with one attached hydrogen (secondary N) is 7. The molecule has 580 valence electrons. The largest absolute Gasteiger partial charge is 0.481 e. The maximum Gasteiger partial charge on any atom is 0.323 e. The number of nitrogens with two attached hydrogens (primary N) is 1. The number of rotatable bonds is 28. The number of carboxylic acid groups (broad SMARTS) is 1. The molecule has 0 radical (unpaired) electrons. The lowest BCUT2D eigenvalue weighted by atomic mass is 10.1. The molecule has 110 heavy (non-hydrogen) atoms. The average molecular weight is 1560 g/mol. The second-order valence-electron chi connectivity index (χ2n) is 27.0. The molecule has 8 aromatic rings. The van der Waals surface area contributed by atoms with Crippen molar-refractivity contribution in [1.29, 1.82) is 0 Å². The number of aromatic nitrogens is 6. The van der Waals surface area contributed by atoms with E-state index in [4.69, 9.17) is 50.0 Å². The predicted octanol–water partition coefficient (Wildman–Crippen LogP) is 11.6. The topological polar surface area (TPSA) is 373 Å². The van der Waals surface area contributed by atoms with Gasteiger partial charge >= 0.3 is 30.0 Å². The summed E-state index contributed by atoms with van der Waals surface area (Å²) in [5.74, 6) is 0.0846. The highest BCUT2D eigenvalue weighted by atomic mass is 35.5. The molecular formula is C79H92Cl3N17O11. The monoisotopic (exact) mass is 1560 g/mol. The molecule has 3 fully saturated rings. The Balaban J connectivity index is 0.000000192. The lowest BCUT2D eigenvalue weighted by Gasteiger charge is -2.23. The van der Waals surface area contributed by atoms with Gasteiger partial charge in [-0.1, -0.05) is 146 Å². The summed E-state index contributed by atoms with van der Waals surface area (Å²) in [6, 6.07) is 40.1. The molecule has 28 nitrogen and oxygen atoms in total. The van der Waals surface area contributed by atoms with Gasteiger partial charge in [0.05, 0.1) is 53.1 Å². The molecule has 0 bridgehead atoms. The number of amides is 7. The Morgan fingerprint density at radius 3 is 0.964 bits per heavy atom. The van der Waals surface area contributed by atoms with E-state index >= 15 is 0 Å². The number of carbonyl (C=O) groups is 8. The van der Waals surface area contributed by atoms with E-state index in [1.807, 2.05) is 84.9 Å². The highest BCUT2D eigenvalue weighted by molar-refractivity contribution is 6.31. The van der Waals surface area contributed by atoms with Gasteiger partial charge in [-0.15, -0.1) is 0 Å². The van der Waals surface area contributed by atoms with E-state index in [1.54, 1.807) is 84.4 Å². The summed E-state index contributed by atoms with van der Waals surface area (Å²) in [6.07, 6.45) is 13.2. The smallest absolute Gasteiger partial charge is 0.323 e. The van der Waals surface area contributed by atoms with E-state index in [9.17, 15) is 43.5 Å². The van der Waals surface area contributed by atoms with E-state index in [2.05, 4.69) is 67.1 Å². The molecule has 3 saturated carbocycles. The Hall–Kier alpha value is -11.2. The zero-order chi connectivity index (χ0) is 78.6. The molecule has 10 N–H and O–H groups in total. The van der Waals surface area contributed by atoms with Crippen molar-refractivity contribution in [3.63, 3.8) is 0 Å². The molecule has 31 heteroatoms. The van der Waals surface area contributed by atoms with Crippen LogP contribution in [0.2, 0.25) is 15.5 Å². The first-order valence-electron chi connectivity index (χ1n) is 36.2. The minimum Gasteiger partial charge on any atom is -0.481 e. The fraction of sp³-hybridized carbons (Fsp3) is 0.367. The Kier molecular flexibility index (Phi) is 31.1. The number of nitrogen functional groups attached to an aromatic ring is 1. The Morgan fingerprint density at radius 1 is 0.409 bits per heavy atom. The van der Waals surface area contributed by atoms with Crippen LogP contribution in [0.1, 0.15) is 128 Å². The number of hydrogen-bond acceptors (Lipinski definition) is 20. The van der Waals surface area contributed by atoms with Crippen molar-refractivity contribution in [2.24, 2.45) is 0 Å². The number of anilines is 8. The van der Waals surface area contributed by atoms with E-state index in [0.717, 1.165) is 93.7 Å². The number of benzene rings is 5. The Bertz CT molecular complexity index is 4460. The van der Waals surface area contributed by atoms with Gasteiger partial charge in [0.1, 0.15) is 50.4 Å². The zero-order valence-corrected chi connectivity index (χ0v) is 64.3. The molecule has 0 atom stereocenters. The highest BCUT2D eigenvalue weighted by Crippen LogP contribution is 2.31. The second kappa shape index (κ2) is 41.4. The van der Waals surface area contributed by atoms with Crippen LogP contribution in [0.4, 0.5) is 55.5 Å². The molecule has 0 spiro atoms. The van der Waals surface area contributed by atoms with Crippen molar-refractivity contribution in [3.8, 4) is 0 Å². The molecule has 0 saturated heterocycles. The third-order valence-corrected chi connectivity index (χ3v) is 19.2. The van der Waals surface area contributed by atoms with E-state index in [-0.39, 0.29) is 108 Å². The standard InChI is InChI=1S/C29H33ClN6O4.C28H31ClN6O4.C22H28ClN5O3/c1-36(18-25(37)31-20-10-6-7-11-20)28-23(17-26(38)40-2)27(30)34-24(35-28)16-19-12-14-22(15-13-19)33-29(39)32-21-8-4-3-5-9-21;1-35(17-24(36)30-19-9-5-6-10-19)27-22(16-25(37)38)26(29)33-23(34-27)15-18-11-13-21(14-12-18)32-28(39)31-20-7-3-2-4-8-20;1-28(13-19(29)25-16-5-3-4-6-16)22-17(12-20(30)31-2)21(23)26-18(27-22)11-14-7-9-15(24)10-8-14/h3-5,8-9,12-15,20H,6-7,10-11,16-18H2,1-2H3,(H,31,37)(H2,32,33,39);2-4,7-8,11-14,19H,5-6,9-10,15-17H2,1H3,(H,30,36)(H,37,38)(H2,31,32,39);7-10,16H,3-6,11-13,24H2,1-2H3,(H,25,29). The summed E-state index contributed by atoms with van der Waals surface area (Å²) in [5, 5.41) is 30.0. The maximum atomic E-state index is 12.7. The van der Waals surface area contributed by atoms with Crippen LogP contribution in [0, 0.1) is 0 Å². The van der Waals surface area contributed by atoms with Crippen LogP contribution < -0.4 is 57.7 Å². The molecule has 0 aliphatic heterocycles. The number of halogens is 3. The summed E-state index contributed by atoms with van der Waals surface area (Å²) in [6.45, 7) is 0.170. The summed E-state index contributed by atoms with van der Waals surface area (Å²) >= 11 is 19.4. The predicted molar refractivity (Wildman–Crippen MR) is 425 cm³/mol. The van der Waals surface area contributed by atoms with Gasteiger partial charge in [0.25, 0.3) is 0 Å². The average Bonchev–Trinajstić information content (AvgIpc) is 0.950. The van der Waals surface area contributed by atoms with Gasteiger partial charge < -0.3 is 72.2 Å². The van der Waals surface area contributed by atoms with Gasteiger partial charge in [-0.2, -0.15) is 0 Å². The quantitative estimate of drug-likeness (QED) is 0.0125. The van der Waals surface area contributed by atoms with Gasteiger partial charge in [0.2, 0.25) is 17.7 Å². The van der Waals surface area contributed by atoms with Crippen LogP contribution in [-0.4, -0.2) is 156 Å². The first kappa shape index (κ1) is 82.8. The molecule has 3 aromatic heterocycles. The SMILES string of the molecule is CN(CC(=O)NC1CCCC1)c1nc(Cc2ccc(NC(=O)Nc3ccccc3)cc2)nc(Cl)c1CC(=O)O.COC(=O)Cc1c(Cl)nc(Cc2ccc(N)cc2)nc1N(C)CC(=O)NC1CCCC1.COC(=O)Cc1c(Cl)nc(Cc2ccc(NC(=O)Nc3ccccc3)cc2)nc1N(C)CC(=O)NC1CCCC1. The number of carboxylic acids is 1. The van der Waals surface area contributed by atoms with E-state index in [1.165, 1.54) is 14.2 Å². The third kappa shape index (κ3) is 26.3. The molecular weight excluding hydrogens is 1470 g/mol. The number of carbonyl (C=O) groups excluding carboxylic acids is 7. The van der Waals surface area contributed by atoms with Gasteiger partial charge in [-0.3, -0.25) is 28.8 Å². The summed E-state index contributed by atoms with van der Waals surface area (Å²) in [7, 11) is 7.78. The van der Waals surface area contributed by atoms with Gasteiger partial charge in [0.15, 0.2) is 0 Å². The molecule has 7 amide bonds. The van der Waals surface area contributed by atoms with E-state index in [0.29, 0.717) is 93.8 Å². The van der Waals surface area contributed by atoms with Crippen molar-refractivity contribution in [1.82, 2.24) is 45.9 Å². The van der Waals surface area contributed by atoms with Crippen molar-refractivity contribution < 1.29 is 52.9 Å². The van der Waals surface area contributed by atoms with Crippen LogP contribution in [0.3, 0.4) is 0 Å². The molecule has 3 heterocycles. The van der Waals surface area contributed by atoms with Crippen molar-refractivity contribution in [3.05, 3.63) is 200 Å².